The van der Waals surface area contributed by atoms with E-state index in [1.807, 2.05) is 18.2 Å². The fourth-order valence-electron chi connectivity index (χ4n) is 3.75. The summed E-state index contributed by atoms with van der Waals surface area (Å²) < 4.78 is 12.4. The lowest BCUT2D eigenvalue weighted by atomic mass is 10.1. The number of benzene rings is 1. The molecule has 2 aliphatic heterocycles. The first kappa shape index (κ1) is 18.4. The first-order chi connectivity index (χ1) is 13.0. The lowest BCUT2D eigenvalue weighted by molar-refractivity contribution is -0.0746. The summed E-state index contributed by atoms with van der Waals surface area (Å²) in [7, 11) is 1.71. The molecule has 8 nitrogen and oxygen atoms in total. The summed E-state index contributed by atoms with van der Waals surface area (Å²) in [4.78, 5) is 21.1. The molecule has 0 spiro atoms. The maximum Gasteiger partial charge on any atom is 0.260 e. The fraction of sp³-hybridized carbons (Fsp3) is 0.579. The molecule has 1 N–H and O–H groups in total. The van der Waals surface area contributed by atoms with Crippen molar-refractivity contribution in [3.63, 3.8) is 0 Å². The lowest BCUT2D eigenvalue weighted by Gasteiger charge is -2.39. The topological polar surface area (TPSA) is 80.1 Å². The van der Waals surface area contributed by atoms with Gasteiger partial charge in [0.2, 0.25) is 0 Å². The van der Waals surface area contributed by atoms with Crippen molar-refractivity contribution in [2.24, 2.45) is 7.05 Å². The third-order valence-electron chi connectivity index (χ3n) is 5.27. The number of fused-ring (bicyclic) bond motifs is 1. The number of nitrogens with zero attached hydrogens (tertiary/aromatic N) is 4. The van der Waals surface area contributed by atoms with Crippen LogP contribution < -0.4 is 10.5 Å². The third kappa shape index (κ3) is 3.98. The monoisotopic (exact) mass is 374 g/mol. The first-order valence-electron chi connectivity index (χ1n) is 9.35. The van der Waals surface area contributed by atoms with E-state index < -0.39 is 5.60 Å². The van der Waals surface area contributed by atoms with E-state index in [0.717, 1.165) is 37.4 Å². The number of hydrogen-bond donors (Lipinski definition) is 1. The first-order valence-corrected chi connectivity index (χ1v) is 9.35. The highest BCUT2D eigenvalue weighted by Gasteiger charge is 2.33. The second-order valence-corrected chi connectivity index (χ2v) is 7.45. The van der Waals surface area contributed by atoms with Gasteiger partial charge in [0.1, 0.15) is 5.60 Å². The molecular weight excluding hydrogens is 348 g/mol. The number of rotatable bonds is 3. The Morgan fingerprint density at radius 2 is 1.85 bits per heavy atom. The largest absolute Gasteiger partial charge is 0.384 e. The Kier molecular flexibility index (Phi) is 5.14. The van der Waals surface area contributed by atoms with E-state index in [1.165, 1.54) is 4.57 Å². The zero-order valence-corrected chi connectivity index (χ0v) is 15.6. The van der Waals surface area contributed by atoms with E-state index in [-0.39, 0.29) is 5.56 Å². The smallest absolute Gasteiger partial charge is 0.260 e. The van der Waals surface area contributed by atoms with Crippen LogP contribution in [0.25, 0.3) is 10.9 Å². The second kappa shape index (κ2) is 7.55. The van der Waals surface area contributed by atoms with Crippen molar-refractivity contribution in [3.05, 3.63) is 34.9 Å². The van der Waals surface area contributed by atoms with E-state index in [4.69, 9.17) is 9.47 Å². The van der Waals surface area contributed by atoms with Gasteiger partial charge in [0, 0.05) is 45.5 Å². The Hall–Kier alpha value is -2.00. The van der Waals surface area contributed by atoms with Crippen molar-refractivity contribution in [3.8, 4) is 0 Å². The minimum atomic E-state index is -0.939. The molecule has 0 atom stereocenters. The predicted molar refractivity (Wildman–Crippen MR) is 102 cm³/mol. The summed E-state index contributed by atoms with van der Waals surface area (Å²) in [5, 5.41) is 11.3. The van der Waals surface area contributed by atoms with Crippen molar-refractivity contribution in [2.75, 3.05) is 64.1 Å². The molecule has 8 heteroatoms. The molecule has 2 aromatic rings. The molecule has 0 bridgehead atoms. The second-order valence-electron chi connectivity index (χ2n) is 7.45. The number of aromatic nitrogens is 2. The Balaban J connectivity index is 1.41. The van der Waals surface area contributed by atoms with Crippen LogP contribution in [0.5, 0.6) is 0 Å². The van der Waals surface area contributed by atoms with Gasteiger partial charge in [-0.2, -0.15) is 0 Å². The van der Waals surface area contributed by atoms with Gasteiger partial charge in [0.25, 0.3) is 5.56 Å². The molecule has 0 saturated carbocycles. The molecule has 4 rings (SSSR count). The van der Waals surface area contributed by atoms with Crippen molar-refractivity contribution >= 4 is 16.6 Å². The molecule has 2 saturated heterocycles. The minimum Gasteiger partial charge on any atom is -0.384 e. The van der Waals surface area contributed by atoms with Crippen LogP contribution in [0.15, 0.2) is 29.3 Å². The van der Waals surface area contributed by atoms with Gasteiger partial charge in [-0.3, -0.25) is 9.69 Å². The van der Waals surface area contributed by atoms with E-state index in [2.05, 4.69) is 14.8 Å². The van der Waals surface area contributed by atoms with Crippen LogP contribution in [0.3, 0.4) is 0 Å². The highest BCUT2D eigenvalue weighted by Crippen LogP contribution is 2.21. The number of hydrogen-bond acceptors (Lipinski definition) is 7. The van der Waals surface area contributed by atoms with Crippen molar-refractivity contribution in [2.45, 2.75) is 5.60 Å². The van der Waals surface area contributed by atoms with Gasteiger partial charge in [-0.05, 0) is 18.2 Å². The van der Waals surface area contributed by atoms with Gasteiger partial charge >= 0.3 is 0 Å². The zero-order chi connectivity index (χ0) is 18.9. The van der Waals surface area contributed by atoms with Crippen LogP contribution in [0.1, 0.15) is 0 Å². The Morgan fingerprint density at radius 1 is 1.15 bits per heavy atom. The van der Waals surface area contributed by atoms with Crippen LogP contribution >= 0.6 is 0 Å². The van der Waals surface area contributed by atoms with E-state index >= 15 is 0 Å². The number of piperazine rings is 1. The quantitative estimate of drug-likeness (QED) is 0.799. The van der Waals surface area contributed by atoms with Crippen LogP contribution in [-0.2, 0) is 16.5 Å². The molecule has 2 aliphatic rings. The molecule has 0 aliphatic carbocycles. The van der Waals surface area contributed by atoms with E-state index in [1.54, 1.807) is 13.4 Å². The average Bonchev–Trinajstić information content (AvgIpc) is 2.89. The normalized spacial score (nSPS) is 21.3. The predicted octanol–water partition coefficient (Wildman–Crippen LogP) is -0.167. The van der Waals surface area contributed by atoms with Gasteiger partial charge in [-0.25, -0.2) is 4.98 Å². The molecule has 0 radical (unpaired) electrons. The maximum absolute atomic E-state index is 12.2. The number of anilines is 1. The SMILES string of the molecule is Cn1cnc2cc(N3CCN(CC4(O)COCCOC4)CC3)ccc2c1=O. The molecule has 3 heterocycles. The van der Waals surface area contributed by atoms with Crippen molar-refractivity contribution < 1.29 is 14.6 Å². The average molecular weight is 374 g/mol. The molecule has 1 aromatic carbocycles. The number of aliphatic hydroxyl groups is 1. The molecule has 0 amide bonds. The summed E-state index contributed by atoms with van der Waals surface area (Å²) in [6.07, 6.45) is 1.56. The Bertz CT molecular complexity index is 852. The minimum absolute atomic E-state index is 0.0301. The van der Waals surface area contributed by atoms with Gasteiger partial charge in [-0.15, -0.1) is 0 Å². The van der Waals surface area contributed by atoms with Gasteiger partial charge in [0.15, 0.2) is 0 Å². The summed E-state index contributed by atoms with van der Waals surface area (Å²) in [6.45, 7) is 5.68. The summed E-state index contributed by atoms with van der Waals surface area (Å²) in [5.74, 6) is 0. The van der Waals surface area contributed by atoms with Crippen molar-refractivity contribution in [1.82, 2.24) is 14.5 Å². The van der Waals surface area contributed by atoms with E-state index in [9.17, 15) is 9.90 Å². The number of ether oxygens (including phenoxy) is 2. The summed E-state index contributed by atoms with van der Waals surface area (Å²) in [5.41, 5.74) is 0.825. The Labute approximate surface area is 157 Å². The zero-order valence-electron chi connectivity index (χ0n) is 15.6. The van der Waals surface area contributed by atoms with Crippen LogP contribution in [-0.4, -0.2) is 84.3 Å². The molecule has 1 aromatic heterocycles. The standard InChI is InChI=1S/C19H26N4O4/c1-21-14-20-17-10-15(2-3-16(17)18(21)24)23-6-4-22(5-7-23)11-19(25)12-26-8-9-27-13-19/h2-3,10,14,25H,4-9,11-13H2,1H3. The van der Waals surface area contributed by atoms with Crippen LogP contribution in [0.2, 0.25) is 0 Å². The fourth-order valence-corrected chi connectivity index (χ4v) is 3.75. The number of β-amino-alcohol motifs (C(OH)–C–C–N with tert-alkyl or cyclic N) is 1. The summed E-state index contributed by atoms with van der Waals surface area (Å²) in [6, 6.07) is 5.82. The molecular formula is C19H26N4O4. The highest BCUT2D eigenvalue weighted by molar-refractivity contribution is 5.81. The molecule has 27 heavy (non-hydrogen) atoms. The highest BCUT2D eigenvalue weighted by atomic mass is 16.6. The van der Waals surface area contributed by atoms with Crippen LogP contribution in [0, 0.1) is 0 Å². The van der Waals surface area contributed by atoms with Gasteiger partial charge in [0.05, 0.1) is 43.7 Å². The van der Waals surface area contributed by atoms with Gasteiger partial charge in [-0.1, -0.05) is 0 Å². The number of aryl methyl sites for hydroxylation is 1. The maximum atomic E-state index is 12.2. The molecule has 0 unspecified atom stereocenters. The van der Waals surface area contributed by atoms with Crippen molar-refractivity contribution in [1.29, 1.82) is 0 Å². The third-order valence-corrected chi connectivity index (χ3v) is 5.27. The molecule has 2 fully saturated rings. The van der Waals surface area contributed by atoms with Gasteiger partial charge < -0.3 is 24.0 Å². The lowest BCUT2D eigenvalue weighted by Crippen LogP contribution is -2.54. The summed E-state index contributed by atoms with van der Waals surface area (Å²) >= 11 is 0. The van der Waals surface area contributed by atoms with E-state index in [0.29, 0.717) is 38.4 Å². The van der Waals surface area contributed by atoms with Crippen LogP contribution in [0.4, 0.5) is 5.69 Å². The Morgan fingerprint density at radius 3 is 2.56 bits per heavy atom. The molecule has 146 valence electrons.